The summed E-state index contributed by atoms with van der Waals surface area (Å²) in [6, 6.07) is 2.21. The molecule has 1 amide bonds. The summed E-state index contributed by atoms with van der Waals surface area (Å²) in [5, 5.41) is 14.6. The van der Waals surface area contributed by atoms with E-state index >= 15 is 8.78 Å². The molecule has 2 saturated heterocycles. The van der Waals surface area contributed by atoms with Gasteiger partial charge in [-0.25, -0.2) is 22.9 Å². The first kappa shape index (κ1) is 29.3. The fraction of sp³-hybridized carbons (Fsp3) is 0.483. The van der Waals surface area contributed by atoms with Crippen molar-refractivity contribution in [3.05, 3.63) is 63.0 Å². The second-order valence-corrected chi connectivity index (χ2v) is 12.2. The van der Waals surface area contributed by atoms with E-state index in [0.717, 1.165) is 0 Å². The Labute approximate surface area is 249 Å². The SMILES string of the molecule is CCOC(=O)C1=C(CN2CC(F)(F)[C@@H]3C(=O)N([C@H]4C[C@@H](C(=O)O)C4)C[C@@H]32)NC(c2nccs2)=N[C@H]1c1cccc(F)c1C. The number of alkyl halides is 2. The number of ether oxygens (including phenoxy) is 1. The van der Waals surface area contributed by atoms with Gasteiger partial charge >= 0.3 is 11.9 Å². The molecular weight excluding hydrogens is 587 g/mol. The lowest BCUT2D eigenvalue weighted by molar-refractivity contribution is -0.153. The standard InChI is InChI=1S/C29H30F3N5O5S/c1-3-42-28(41)21-19(34-24(25-33-7-8-43-25)35-23(21)17-5-4-6-18(30)14(17)2)11-36-13-29(31,32)22-20(36)12-37(26(22)38)16-9-15(10-16)27(39)40/h4-8,15-16,20,22-23H,3,9-13H2,1-2H3,(H,34,35)(H,39,40)/t15-,16+,20-,22-,23-/m0/s1. The summed E-state index contributed by atoms with van der Waals surface area (Å²) in [7, 11) is 0. The van der Waals surface area contributed by atoms with Crippen LogP contribution < -0.4 is 5.32 Å². The Morgan fingerprint density at radius 3 is 2.72 bits per heavy atom. The van der Waals surface area contributed by atoms with Crippen LogP contribution in [-0.2, 0) is 19.1 Å². The summed E-state index contributed by atoms with van der Waals surface area (Å²) in [6.45, 7) is 2.41. The molecule has 0 spiro atoms. The van der Waals surface area contributed by atoms with Crippen LogP contribution >= 0.6 is 11.3 Å². The van der Waals surface area contributed by atoms with Crippen molar-refractivity contribution in [2.24, 2.45) is 16.8 Å². The Hall–Kier alpha value is -3.78. The van der Waals surface area contributed by atoms with E-state index in [4.69, 9.17) is 9.73 Å². The van der Waals surface area contributed by atoms with Crippen LogP contribution in [0.1, 0.15) is 41.9 Å². The molecule has 0 unspecified atom stereocenters. The highest BCUT2D eigenvalue weighted by atomic mass is 32.1. The number of thiazole rings is 1. The minimum Gasteiger partial charge on any atom is -0.481 e. The Morgan fingerprint density at radius 2 is 2.05 bits per heavy atom. The lowest BCUT2D eigenvalue weighted by atomic mass is 9.79. The number of aliphatic imine (C=N–C) groups is 1. The largest absolute Gasteiger partial charge is 0.481 e. The molecule has 3 fully saturated rings. The highest BCUT2D eigenvalue weighted by molar-refractivity contribution is 7.11. The van der Waals surface area contributed by atoms with Crippen LogP contribution in [-0.4, -0.2) is 87.8 Å². The quantitative estimate of drug-likeness (QED) is 0.433. The number of carboxylic acid groups (broad SMARTS) is 1. The molecule has 0 bridgehead atoms. The lowest BCUT2D eigenvalue weighted by Crippen LogP contribution is -2.50. The molecule has 10 nitrogen and oxygen atoms in total. The van der Waals surface area contributed by atoms with Crippen molar-refractivity contribution in [3.8, 4) is 0 Å². The molecule has 228 valence electrons. The number of rotatable bonds is 8. The predicted octanol–water partition coefficient (Wildman–Crippen LogP) is 3.14. The molecule has 2 aromatic rings. The van der Waals surface area contributed by atoms with Crippen molar-refractivity contribution in [1.82, 2.24) is 20.1 Å². The number of carbonyl (C=O) groups excluding carboxylic acids is 2. The maximum Gasteiger partial charge on any atom is 0.338 e. The maximum absolute atomic E-state index is 15.4. The first-order valence-corrected chi connectivity index (χ1v) is 14.9. The van der Waals surface area contributed by atoms with Gasteiger partial charge in [0.1, 0.15) is 17.8 Å². The average Bonchev–Trinajstić information content (AvgIpc) is 3.63. The van der Waals surface area contributed by atoms with Gasteiger partial charge in [-0.05, 0) is 43.9 Å². The third-order valence-electron chi connectivity index (χ3n) is 8.78. The summed E-state index contributed by atoms with van der Waals surface area (Å²) >= 11 is 1.28. The van der Waals surface area contributed by atoms with Crippen LogP contribution in [0.4, 0.5) is 13.2 Å². The lowest BCUT2D eigenvalue weighted by Gasteiger charge is -2.40. The number of nitrogens with one attached hydrogen (secondary N) is 1. The summed E-state index contributed by atoms with van der Waals surface area (Å²) in [4.78, 5) is 49.9. The number of halogens is 3. The molecule has 43 heavy (non-hydrogen) atoms. The third-order valence-corrected chi connectivity index (χ3v) is 9.56. The average molecular weight is 618 g/mol. The number of fused-ring (bicyclic) bond motifs is 1. The van der Waals surface area contributed by atoms with Crippen molar-refractivity contribution < 1.29 is 37.4 Å². The summed E-state index contributed by atoms with van der Waals surface area (Å²) in [6.07, 6.45) is 2.04. The van der Waals surface area contributed by atoms with Gasteiger partial charge in [0.15, 0.2) is 10.8 Å². The molecule has 0 radical (unpaired) electrons. The number of hydrogen-bond acceptors (Lipinski definition) is 9. The van der Waals surface area contributed by atoms with Gasteiger partial charge in [-0.1, -0.05) is 12.1 Å². The number of likely N-dealkylation sites (tertiary alicyclic amines) is 2. The van der Waals surface area contributed by atoms with Gasteiger partial charge in [0.25, 0.3) is 5.92 Å². The number of carbonyl (C=O) groups is 3. The van der Waals surface area contributed by atoms with E-state index in [2.05, 4.69) is 10.3 Å². The number of aliphatic carboxylic acids is 1. The molecule has 6 rings (SSSR count). The van der Waals surface area contributed by atoms with E-state index in [1.54, 1.807) is 31.5 Å². The zero-order valence-corrected chi connectivity index (χ0v) is 24.2. The molecule has 4 aliphatic rings. The maximum atomic E-state index is 15.4. The van der Waals surface area contributed by atoms with Crippen LogP contribution in [0.15, 0.2) is 46.0 Å². The number of carboxylic acids is 1. The topological polar surface area (TPSA) is 124 Å². The minimum atomic E-state index is -3.34. The highest BCUT2D eigenvalue weighted by Gasteiger charge is 2.64. The number of amidine groups is 1. The van der Waals surface area contributed by atoms with Crippen molar-refractivity contribution >= 4 is 35.0 Å². The number of amides is 1. The van der Waals surface area contributed by atoms with Crippen LogP contribution in [0.3, 0.4) is 0 Å². The Balaban J connectivity index is 1.37. The number of hydrogen-bond donors (Lipinski definition) is 2. The second kappa shape index (κ2) is 11.1. The van der Waals surface area contributed by atoms with Gasteiger partial charge in [0.2, 0.25) is 5.91 Å². The zero-order valence-electron chi connectivity index (χ0n) is 23.4. The summed E-state index contributed by atoms with van der Waals surface area (Å²) in [5.41, 5.74) is 1.01. The molecule has 1 aliphatic carbocycles. The van der Waals surface area contributed by atoms with Crippen LogP contribution in [0.5, 0.6) is 0 Å². The fourth-order valence-corrected chi connectivity index (χ4v) is 7.12. The van der Waals surface area contributed by atoms with Gasteiger partial charge in [0.05, 0.1) is 24.6 Å². The fourth-order valence-electron chi connectivity index (χ4n) is 6.53. The molecule has 3 aliphatic heterocycles. The van der Waals surface area contributed by atoms with Gasteiger partial charge in [0, 0.05) is 42.4 Å². The number of aromatic nitrogens is 1. The van der Waals surface area contributed by atoms with E-state index in [0.29, 0.717) is 16.4 Å². The number of benzene rings is 1. The van der Waals surface area contributed by atoms with Crippen molar-refractivity contribution in [1.29, 1.82) is 0 Å². The monoisotopic (exact) mass is 617 g/mol. The summed E-state index contributed by atoms with van der Waals surface area (Å²) < 4.78 is 51.0. The second-order valence-electron chi connectivity index (χ2n) is 11.3. The molecule has 2 N–H and O–H groups in total. The van der Waals surface area contributed by atoms with Crippen LogP contribution in [0, 0.1) is 24.6 Å². The normalized spacial score (nSPS) is 28.3. The van der Waals surface area contributed by atoms with Crippen LogP contribution in [0.25, 0.3) is 0 Å². The van der Waals surface area contributed by atoms with Gasteiger partial charge in [-0.15, -0.1) is 11.3 Å². The molecular formula is C29H30F3N5O5S. The molecule has 4 heterocycles. The molecule has 3 atom stereocenters. The van der Waals surface area contributed by atoms with Crippen molar-refractivity contribution in [2.45, 2.75) is 50.7 Å². The highest BCUT2D eigenvalue weighted by Crippen LogP contribution is 2.47. The minimum absolute atomic E-state index is 0.0258. The number of esters is 1. The van der Waals surface area contributed by atoms with Crippen molar-refractivity contribution in [3.63, 3.8) is 0 Å². The summed E-state index contributed by atoms with van der Waals surface area (Å²) in [5.74, 6) is -8.06. The van der Waals surface area contributed by atoms with E-state index in [-0.39, 0.29) is 49.4 Å². The van der Waals surface area contributed by atoms with Crippen LogP contribution in [0.2, 0.25) is 0 Å². The Kier molecular flexibility index (Phi) is 7.53. The third kappa shape index (κ3) is 5.09. The van der Waals surface area contributed by atoms with E-state index < -0.39 is 66.1 Å². The first-order chi connectivity index (χ1) is 20.5. The molecule has 14 heteroatoms. The van der Waals surface area contributed by atoms with Crippen molar-refractivity contribution in [2.75, 3.05) is 26.2 Å². The molecule has 1 aromatic heterocycles. The Morgan fingerprint density at radius 1 is 1.28 bits per heavy atom. The number of nitrogens with zero attached hydrogens (tertiary/aromatic N) is 4. The molecule has 1 saturated carbocycles. The van der Waals surface area contributed by atoms with E-state index in [9.17, 15) is 23.9 Å². The molecule has 1 aromatic carbocycles. The first-order valence-electron chi connectivity index (χ1n) is 14.0. The smallest absolute Gasteiger partial charge is 0.338 e. The van der Waals surface area contributed by atoms with Gasteiger partial charge in [-0.2, -0.15) is 0 Å². The Bertz CT molecular complexity index is 1520. The predicted molar refractivity (Wildman–Crippen MR) is 149 cm³/mol. The van der Waals surface area contributed by atoms with Gasteiger partial charge in [-0.3, -0.25) is 19.5 Å². The van der Waals surface area contributed by atoms with Gasteiger partial charge < -0.3 is 20.1 Å². The van der Waals surface area contributed by atoms with E-state index in [1.807, 2.05) is 0 Å². The van der Waals surface area contributed by atoms with E-state index in [1.165, 1.54) is 33.3 Å². The zero-order chi connectivity index (χ0) is 30.6.